The van der Waals surface area contributed by atoms with Crippen molar-refractivity contribution in [3.63, 3.8) is 0 Å². The van der Waals surface area contributed by atoms with Gasteiger partial charge in [-0.3, -0.25) is 13.9 Å². The Balaban J connectivity index is 1.69. The molecule has 3 aromatic rings. The Hall–Kier alpha value is -3.07. The fraction of sp³-hybridized carbons (Fsp3) is 0.333. The highest BCUT2D eigenvalue weighted by Gasteiger charge is 2.33. The van der Waals surface area contributed by atoms with E-state index in [0.717, 1.165) is 41.1 Å². The van der Waals surface area contributed by atoms with Gasteiger partial charge in [0, 0.05) is 22.6 Å². The van der Waals surface area contributed by atoms with E-state index in [9.17, 15) is 18.0 Å². The van der Waals surface area contributed by atoms with Gasteiger partial charge in [0.15, 0.2) is 0 Å². The molecule has 0 aromatic heterocycles. The molecular weight excluding hydrogens is 569 g/mol. The number of aryl methyl sites for hydroxylation is 1. The first kappa shape index (κ1) is 29.9. The maximum Gasteiger partial charge on any atom is 0.264 e. The summed E-state index contributed by atoms with van der Waals surface area (Å²) in [7, 11) is -4.19. The predicted molar refractivity (Wildman–Crippen MR) is 159 cm³/mol. The van der Waals surface area contributed by atoms with Gasteiger partial charge in [-0.2, -0.15) is 0 Å². The number of amides is 2. The van der Waals surface area contributed by atoms with E-state index >= 15 is 0 Å². The second kappa shape index (κ2) is 13.1. The fourth-order valence-electron chi connectivity index (χ4n) is 4.84. The second-order valence-corrected chi connectivity index (χ2v) is 12.8. The van der Waals surface area contributed by atoms with Gasteiger partial charge in [-0.05, 0) is 80.3 Å². The van der Waals surface area contributed by atoms with Crippen LogP contribution in [0.3, 0.4) is 0 Å². The third-order valence-corrected chi connectivity index (χ3v) is 9.52. The molecule has 7 nitrogen and oxygen atoms in total. The van der Waals surface area contributed by atoms with Crippen molar-refractivity contribution >= 4 is 50.7 Å². The van der Waals surface area contributed by atoms with Crippen molar-refractivity contribution < 1.29 is 18.0 Å². The Bertz CT molecular complexity index is 1460. The first-order valence-corrected chi connectivity index (χ1v) is 15.4. The van der Waals surface area contributed by atoms with Crippen molar-refractivity contribution in [3.8, 4) is 0 Å². The van der Waals surface area contributed by atoms with Gasteiger partial charge in [0.25, 0.3) is 10.0 Å². The zero-order valence-electron chi connectivity index (χ0n) is 22.5. The first-order valence-electron chi connectivity index (χ1n) is 13.2. The number of carbonyl (C=O) groups is 2. The molecule has 4 rings (SSSR count). The molecule has 40 heavy (non-hydrogen) atoms. The lowest BCUT2D eigenvalue weighted by Crippen LogP contribution is -2.52. The maximum absolute atomic E-state index is 14.0. The van der Waals surface area contributed by atoms with Crippen LogP contribution in [0.2, 0.25) is 10.0 Å². The van der Waals surface area contributed by atoms with Gasteiger partial charge in [0.2, 0.25) is 11.8 Å². The van der Waals surface area contributed by atoms with Crippen LogP contribution in [-0.4, -0.2) is 43.8 Å². The summed E-state index contributed by atoms with van der Waals surface area (Å²) in [5.74, 6) is -0.779. The summed E-state index contributed by atoms with van der Waals surface area (Å²) in [4.78, 5) is 28.8. The van der Waals surface area contributed by atoms with Gasteiger partial charge >= 0.3 is 0 Å². The summed E-state index contributed by atoms with van der Waals surface area (Å²) in [5, 5.41) is 3.78. The van der Waals surface area contributed by atoms with Crippen molar-refractivity contribution in [1.29, 1.82) is 0 Å². The summed E-state index contributed by atoms with van der Waals surface area (Å²) < 4.78 is 28.7. The lowest BCUT2D eigenvalue weighted by molar-refractivity contribution is -0.139. The highest BCUT2D eigenvalue weighted by molar-refractivity contribution is 7.92. The number of carbonyl (C=O) groups excluding carboxylic acids is 2. The zero-order chi connectivity index (χ0) is 28.9. The van der Waals surface area contributed by atoms with E-state index in [4.69, 9.17) is 23.2 Å². The molecule has 0 heterocycles. The maximum atomic E-state index is 14.0. The van der Waals surface area contributed by atoms with Crippen LogP contribution < -0.4 is 9.62 Å². The van der Waals surface area contributed by atoms with Crippen LogP contribution in [0.25, 0.3) is 0 Å². The van der Waals surface area contributed by atoms with E-state index in [2.05, 4.69) is 5.32 Å². The Morgan fingerprint density at radius 1 is 0.950 bits per heavy atom. The van der Waals surface area contributed by atoms with Crippen molar-refractivity contribution in [3.05, 3.63) is 94.0 Å². The van der Waals surface area contributed by atoms with E-state index in [1.54, 1.807) is 25.1 Å². The van der Waals surface area contributed by atoms with E-state index < -0.39 is 28.5 Å². The van der Waals surface area contributed by atoms with Crippen LogP contribution in [-0.2, 0) is 26.2 Å². The van der Waals surface area contributed by atoms with Crippen LogP contribution in [0.5, 0.6) is 0 Å². The minimum atomic E-state index is -4.19. The lowest BCUT2D eigenvalue weighted by atomic mass is 10.1. The topological polar surface area (TPSA) is 86.8 Å². The molecular formula is C30H33Cl2N3O4S. The van der Waals surface area contributed by atoms with E-state index in [0.29, 0.717) is 10.0 Å². The minimum Gasteiger partial charge on any atom is -0.352 e. The summed E-state index contributed by atoms with van der Waals surface area (Å²) >= 11 is 12.2. The molecule has 1 aliphatic carbocycles. The summed E-state index contributed by atoms with van der Waals surface area (Å²) in [5.41, 5.74) is 2.06. The molecule has 10 heteroatoms. The number of benzene rings is 3. The largest absolute Gasteiger partial charge is 0.352 e. The van der Waals surface area contributed by atoms with Crippen LogP contribution in [0, 0.1) is 6.92 Å². The molecule has 1 atom stereocenters. The van der Waals surface area contributed by atoms with Gasteiger partial charge in [0.05, 0.1) is 10.6 Å². The molecule has 212 valence electrons. The average Bonchev–Trinajstić information content (AvgIpc) is 3.44. The van der Waals surface area contributed by atoms with Crippen molar-refractivity contribution in [2.45, 2.75) is 63.1 Å². The van der Waals surface area contributed by atoms with E-state index in [-0.39, 0.29) is 29.1 Å². The molecule has 3 aromatic carbocycles. The second-order valence-electron chi connectivity index (χ2n) is 10.1. The van der Waals surface area contributed by atoms with E-state index in [1.165, 1.54) is 35.2 Å². The van der Waals surface area contributed by atoms with Gasteiger partial charge in [0.1, 0.15) is 12.6 Å². The van der Waals surface area contributed by atoms with Crippen LogP contribution in [0.15, 0.2) is 77.7 Å². The zero-order valence-corrected chi connectivity index (χ0v) is 24.8. The number of hydrogen-bond acceptors (Lipinski definition) is 4. The summed E-state index contributed by atoms with van der Waals surface area (Å²) in [6, 6.07) is 18.9. The molecule has 1 aliphatic rings. The Kier molecular flexibility index (Phi) is 9.77. The van der Waals surface area contributed by atoms with Crippen molar-refractivity contribution in [2.24, 2.45) is 0 Å². The van der Waals surface area contributed by atoms with E-state index in [1.807, 2.05) is 31.2 Å². The molecule has 1 N–H and O–H groups in total. The van der Waals surface area contributed by atoms with Gasteiger partial charge in [-0.25, -0.2) is 8.42 Å². The lowest BCUT2D eigenvalue weighted by Gasteiger charge is -2.33. The first-order chi connectivity index (χ1) is 19.1. The normalized spacial score (nSPS) is 14.5. The summed E-state index contributed by atoms with van der Waals surface area (Å²) in [6.07, 6.45) is 3.93. The predicted octanol–water partition coefficient (Wildman–Crippen LogP) is 5.97. The minimum absolute atomic E-state index is 0.0258. The Morgan fingerprint density at radius 2 is 1.62 bits per heavy atom. The number of anilines is 1. The number of sulfonamides is 1. The molecule has 0 saturated heterocycles. The standard InChI is InChI=1S/C30H33Cl2N3O4S/c1-21-8-3-4-9-23(21)19-34(22(2)30(37)33-26-11-5-6-12-26)29(36)20-35(27-13-7-10-25(32)18-27)40(38,39)28-16-14-24(31)15-17-28/h3-4,7-10,13-18,22,26H,5-6,11-12,19-20H2,1-2H3,(H,33,37). The van der Waals surface area contributed by atoms with Gasteiger partial charge < -0.3 is 10.2 Å². The number of nitrogens with one attached hydrogen (secondary N) is 1. The van der Waals surface area contributed by atoms with Crippen LogP contribution in [0.4, 0.5) is 5.69 Å². The third kappa shape index (κ3) is 7.16. The molecule has 1 fully saturated rings. The highest BCUT2D eigenvalue weighted by atomic mass is 35.5. The quantitative estimate of drug-likeness (QED) is 0.310. The molecule has 2 amide bonds. The smallest absolute Gasteiger partial charge is 0.264 e. The van der Waals surface area contributed by atoms with Crippen molar-refractivity contribution in [2.75, 3.05) is 10.8 Å². The molecule has 0 spiro atoms. The molecule has 1 saturated carbocycles. The highest BCUT2D eigenvalue weighted by Crippen LogP contribution is 2.28. The van der Waals surface area contributed by atoms with Gasteiger partial charge in [-0.15, -0.1) is 0 Å². The number of hydrogen-bond donors (Lipinski definition) is 1. The molecule has 0 aliphatic heterocycles. The van der Waals surface area contributed by atoms with Crippen LogP contribution in [0.1, 0.15) is 43.7 Å². The fourth-order valence-corrected chi connectivity index (χ4v) is 6.56. The average molecular weight is 603 g/mol. The molecule has 0 bridgehead atoms. The van der Waals surface area contributed by atoms with Crippen LogP contribution >= 0.6 is 23.2 Å². The number of rotatable bonds is 10. The third-order valence-electron chi connectivity index (χ3n) is 7.25. The van der Waals surface area contributed by atoms with Gasteiger partial charge in [-0.1, -0.05) is 66.4 Å². The summed E-state index contributed by atoms with van der Waals surface area (Å²) in [6.45, 7) is 3.23. The molecule has 0 radical (unpaired) electrons. The Labute approximate surface area is 246 Å². The number of nitrogens with zero attached hydrogens (tertiary/aromatic N) is 2. The van der Waals surface area contributed by atoms with Crippen molar-refractivity contribution in [1.82, 2.24) is 10.2 Å². The SMILES string of the molecule is Cc1ccccc1CN(C(=O)CN(c1cccc(Cl)c1)S(=O)(=O)c1ccc(Cl)cc1)C(C)C(=O)NC1CCCC1. The monoisotopic (exact) mass is 601 g/mol. The Morgan fingerprint density at radius 3 is 2.27 bits per heavy atom. The number of halogens is 2. The molecule has 1 unspecified atom stereocenters.